The highest BCUT2D eigenvalue weighted by Gasteiger charge is 2.20. The van der Waals surface area contributed by atoms with Crippen LogP contribution in [0.25, 0.3) is 0 Å². The van der Waals surface area contributed by atoms with Gasteiger partial charge >= 0.3 is 0 Å². The lowest BCUT2D eigenvalue weighted by atomic mass is 10.0. The van der Waals surface area contributed by atoms with Gasteiger partial charge in [-0.25, -0.2) is 0 Å². The molecule has 3 heteroatoms. The molecule has 0 spiro atoms. The van der Waals surface area contributed by atoms with Crippen LogP contribution < -0.4 is 5.73 Å². The van der Waals surface area contributed by atoms with Crippen LogP contribution in [0.4, 0.5) is 0 Å². The number of aliphatic hydroxyl groups excluding tert-OH is 1. The van der Waals surface area contributed by atoms with Gasteiger partial charge in [-0.05, 0) is 12.8 Å². The molecule has 0 aromatic carbocycles. The van der Waals surface area contributed by atoms with Crippen LogP contribution in [-0.2, 0) is 4.74 Å². The topological polar surface area (TPSA) is 55.5 Å². The molecule has 0 aromatic heterocycles. The zero-order chi connectivity index (χ0) is 6.69. The van der Waals surface area contributed by atoms with Gasteiger partial charge in [-0.15, -0.1) is 0 Å². The molecule has 0 aliphatic carbocycles. The van der Waals surface area contributed by atoms with Crippen molar-refractivity contribution in [3.05, 3.63) is 0 Å². The third kappa shape index (κ3) is 1.64. The molecular weight excluding hydrogens is 118 g/mol. The Bertz CT molecular complexity index is 87.1. The summed E-state index contributed by atoms with van der Waals surface area (Å²) in [4.78, 5) is 0. The molecule has 54 valence electrons. The summed E-state index contributed by atoms with van der Waals surface area (Å²) in [6.45, 7) is 0.806. The molecule has 9 heavy (non-hydrogen) atoms. The van der Waals surface area contributed by atoms with Crippen LogP contribution in [-0.4, -0.2) is 30.5 Å². The highest BCUT2D eigenvalue weighted by molar-refractivity contribution is 4.75. The predicted molar refractivity (Wildman–Crippen MR) is 34.0 cm³/mol. The van der Waals surface area contributed by atoms with Crippen LogP contribution in [0.5, 0.6) is 0 Å². The predicted octanol–water partition coefficient (Wildman–Crippen LogP) is -0.515. The van der Waals surface area contributed by atoms with Crippen LogP contribution in [0.3, 0.4) is 0 Å². The van der Waals surface area contributed by atoms with E-state index in [1.165, 1.54) is 0 Å². The Morgan fingerprint density at radius 2 is 2.44 bits per heavy atom. The molecule has 0 bridgehead atoms. The maximum Gasteiger partial charge on any atom is 0.0956 e. The highest BCUT2D eigenvalue weighted by atomic mass is 16.5. The molecule has 0 saturated carbocycles. The molecule has 1 rings (SSSR count). The second-order valence-corrected chi connectivity index (χ2v) is 2.40. The average molecular weight is 131 g/mol. The third-order valence-electron chi connectivity index (χ3n) is 1.67. The van der Waals surface area contributed by atoms with Crippen molar-refractivity contribution < 1.29 is 9.84 Å². The van der Waals surface area contributed by atoms with Gasteiger partial charge in [0, 0.05) is 12.6 Å². The van der Waals surface area contributed by atoms with Crippen molar-refractivity contribution in [1.29, 1.82) is 0 Å². The molecule has 1 heterocycles. The quantitative estimate of drug-likeness (QED) is 0.503. The van der Waals surface area contributed by atoms with Crippen LogP contribution in [0, 0.1) is 0 Å². The average Bonchev–Trinajstić information content (AvgIpc) is 1.89. The van der Waals surface area contributed by atoms with E-state index in [9.17, 15) is 0 Å². The summed E-state index contributed by atoms with van der Waals surface area (Å²) >= 11 is 0. The first-order valence-corrected chi connectivity index (χ1v) is 3.32. The monoisotopic (exact) mass is 131 g/mol. The van der Waals surface area contributed by atoms with Gasteiger partial charge in [-0.1, -0.05) is 0 Å². The number of nitrogens with two attached hydrogens (primary N) is 1. The van der Waals surface area contributed by atoms with Crippen molar-refractivity contribution in [3.63, 3.8) is 0 Å². The Labute approximate surface area is 54.8 Å². The summed E-state index contributed by atoms with van der Waals surface area (Å²) in [6, 6.07) is 0.0451. The van der Waals surface area contributed by atoms with Gasteiger partial charge in [0.1, 0.15) is 0 Å². The lowest BCUT2D eigenvalue weighted by molar-refractivity contribution is -0.0298. The van der Waals surface area contributed by atoms with Crippen molar-refractivity contribution in [2.24, 2.45) is 5.73 Å². The van der Waals surface area contributed by atoms with E-state index in [1.54, 1.807) is 0 Å². The Kier molecular flexibility index (Phi) is 2.45. The third-order valence-corrected chi connectivity index (χ3v) is 1.67. The number of ether oxygens (including phenoxy) is 1. The minimum absolute atomic E-state index is 0.0451. The van der Waals surface area contributed by atoms with E-state index in [-0.39, 0.29) is 18.8 Å². The maximum absolute atomic E-state index is 8.66. The summed E-state index contributed by atoms with van der Waals surface area (Å²) in [5, 5.41) is 8.66. The van der Waals surface area contributed by atoms with E-state index in [1.807, 2.05) is 0 Å². The first-order chi connectivity index (χ1) is 4.34. The van der Waals surface area contributed by atoms with Crippen molar-refractivity contribution in [1.82, 2.24) is 0 Å². The van der Waals surface area contributed by atoms with E-state index >= 15 is 0 Å². The van der Waals surface area contributed by atoms with Crippen LogP contribution in [0.15, 0.2) is 0 Å². The Balaban J connectivity index is 2.30. The van der Waals surface area contributed by atoms with E-state index in [0.717, 1.165) is 19.4 Å². The van der Waals surface area contributed by atoms with Gasteiger partial charge < -0.3 is 15.6 Å². The van der Waals surface area contributed by atoms with E-state index in [2.05, 4.69) is 0 Å². The van der Waals surface area contributed by atoms with E-state index < -0.39 is 0 Å². The molecule has 1 saturated heterocycles. The fourth-order valence-electron chi connectivity index (χ4n) is 1.05. The second kappa shape index (κ2) is 3.15. The Morgan fingerprint density at radius 3 is 2.89 bits per heavy atom. The fourth-order valence-corrected chi connectivity index (χ4v) is 1.05. The molecule has 2 atom stereocenters. The lowest BCUT2D eigenvalue weighted by Gasteiger charge is -2.26. The zero-order valence-corrected chi connectivity index (χ0v) is 5.42. The number of rotatable bonds is 1. The van der Waals surface area contributed by atoms with Gasteiger partial charge in [-0.2, -0.15) is 0 Å². The molecule has 0 aromatic rings. The summed E-state index contributed by atoms with van der Waals surface area (Å²) < 4.78 is 5.16. The SMILES string of the molecule is NC1CCCOC1CO. The van der Waals surface area contributed by atoms with Crippen molar-refractivity contribution >= 4 is 0 Å². The summed E-state index contributed by atoms with van der Waals surface area (Å²) in [7, 11) is 0. The van der Waals surface area contributed by atoms with Gasteiger partial charge in [0.2, 0.25) is 0 Å². The molecule has 3 nitrogen and oxygen atoms in total. The molecule has 0 amide bonds. The number of hydrogen-bond donors (Lipinski definition) is 2. The fraction of sp³-hybridized carbons (Fsp3) is 1.00. The number of aliphatic hydroxyl groups is 1. The molecule has 3 N–H and O–H groups in total. The summed E-state index contributed by atoms with van der Waals surface area (Å²) in [6.07, 6.45) is 1.89. The van der Waals surface area contributed by atoms with Crippen molar-refractivity contribution in [2.75, 3.05) is 13.2 Å². The summed E-state index contributed by atoms with van der Waals surface area (Å²) in [5.74, 6) is 0. The number of hydrogen-bond acceptors (Lipinski definition) is 3. The molecule has 0 radical (unpaired) electrons. The van der Waals surface area contributed by atoms with E-state index in [0.29, 0.717) is 0 Å². The zero-order valence-electron chi connectivity index (χ0n) is 5.42. The summed E-state index contributed by atoms with van der Waals surface area (Å²) in [5.41, 5.74) is 5.60. The van der Waals surface area contributed by atoms with Gasteiger partial charge in [0.15, 0.2) is 0 Å². The van der Waals surface area contributed by atoms with E-state index in [4.69, 9.17) is 15.6 Å². The normalized spacial score (nSPS) is 36.7. The van der Waals surface area contributed by atoms with Crippen molar-refractivity contribution in [3.8, 4) is 0 Å². The smallest absolute Gasteiger partial charge is 0.0956 e. The van der Waals surface area contributed by atoms with Crippen molar-refractivity contribution in [2.45, 2.75) is 25.0 Å². The molecule has 1 aliphatic heterocycles. The van der Waals surface area contributed by atoms with Crippen LogP contribution in [0.1, 0.15) is 12.8 Å². The second-order valence-electron chi connectivity index (χ2n) is 2.40. The largest absolute Gasteiger partial charge is 0.394 e. The lowest BCUT2D eigenvalue weighted by Crippen LogP contribution is -2.42. The maximum atomic E-state index is 8.66. The van der Waals surface area contributed by atoms with Gasteiger partial charge in [0.05, 0.1) is 12.7 Å². The highest BCUT2D eigenvalue weighted by Crippen LogP contribution is 2.10. The first-order valence-electron chi connectivity index (χ1n) is 3.32. The van der Waals surface area contributed by atoms with Crippen LogP contribution >= 0.6 is 0 Å². The van der Waals surface area contributed by atoms with Gasteiger partial charge in [-0.3, -0.25) is 0 Å². The first kappa shape index (κ1) is 6.99. The Morgan fingerprint density at radius 1 is 1.67 bits per heavy atom. The molecule has 1 aliphatic rings. The minimum Gasteiger partial charge on any atom is -0.394 e. The Hall–Kier alpha value is -0.120. The minimum atomic E-state index is -0.112. The molecule has 2 unspecified atom stereocenters. The molecule has 1 fully saturated rings. The van der Waals surface area contributed by atoms with Crippen LogP contribution in [0.2, 0.25) is 0 Å². The standard InChI is InChI=1S/C6H13NO2/c7-5-2-1-3-9-6(5)4-8/h5-6,8H,1-4,7H2. The van der Waals surface area contributed by atoms with Gasteiger partial charge in [0.25, 0.3) is 0 Å². The molecular formula is C6H13NO2.